The predicted molar refractivity (Wildman–Crippen MR) is 128 cm³/mol. The number of aryl methyl sites for hydroxylation is 2. The fraction of sp³-hybridized carbons (Fsp3) is 0.385. The Hall–Kier alpha value is -3.08. The highest BCUT2D eigenvalue weighted by molar-refractivity contribution is 6.05. The van der Waals surface area contributed by atoms with Gasteiger partial charge in [0.15, 0.2) is 0 Å². The monoisotopic (exact) mass is 417 g/mol. The second kappa shape index (κ2) is 8.96. The summed E-state index contributed by atoms with van der Waals surface area (Å²) in [5.74, 6) is 1.06. The van der Waals surface area contributed by atoms with Crippen molar-refractivity contribution < 1.29 is 4.79 Å². The smallest absolute Gasteiger partial charge is 0.320 e. The molecule has 1 heterocycles. The third-order valence-electron chi connectivity index (χ3n) is 6.58. The number of hydrogen-bond acceptors (Lipinski definition) is 2. The van der Waals surface area contributed by atoms with Crippen LogP contribution < -0.4 is 16.2 Å². The fourth-order valence-corrected chi connectivity index (χ4v) is 4.60. The third-order valence-corrected chi connectivity index (χ3v) is 6.58. The summed E-state index contributed by atoms with van der Waals surface area (Å²) in [6.45, 7) is 4.73. The topological polar surface area (TPSA) is 63.1 Å². The van der Waals surface area contributed by atoms with Gasteiger partial charge in [-0.15, -0.1) is 0 Å². The van der Waals surface area contributed by atoms with Crippen molar-refractivity contribution in [1.82, 2.24) is 9.88 Å². The lowest BCUT2D eigenvalue weighted by atomic mass is 9.89. The van der Waals surface area contributed by atoms with Crippen LogP contribution in [0.4, 0.5) is 10.6 Å². The van der Waals surface area contributed by atoms with Gasteiger partial charge in [-0.25, -0.2) is 4.79 Å². The van der Waals surface area contributed by atoms with E-state index in [1.165, 1.54) is 32.1 Å². The van der Waals surface area contributed by atoms with Gasteiger partial charge < -0.3 is 5.32 Å². The Balaban J connectivity index is 1.76. The van der Waals surface area contributed by atoms with Crippen molar-refractivity contribution in [3.63, 3.8) is 0 Å². The van der Waals surface area contributed by atoms with E-state index in [-0.39, 0.29) is 11.6 Å². The van der Waals surface area contributed by atoms with Crippen LogP contribution >= 0.6 is 0 Å². The molecule has 0 bridgehead atoms. The number of fused-ring (bicyclic) bond motifs is 1. The lowest BCUT2D eigenvalue weighted by molar-refractivity contribution is 0.247. The Labute approximate surface area is 183 Å². The summed E-state index contributed by atoms with van der Waals surface area (Å²) < 4.78 is 1.56. The van der Waals surface area contributed by atoms with Crippen molar-refractivity contribution in [2.75, 3.05) is 11.9 Å². The van der Waals surface area contributed by atoms with E-state index in [1.54, 1.807) is 11.6 Å². The number of pyridine rings is 1. The molecule has 0 unspecified atom stereocenters. The van der Waals surface area contributed by atoms with Crippen molar-refractivity contribution >= 4 is 22.6 Å². The molecule has 2 N–H and O–H groups in total. The maximum Gasteiger partial charge on any atom is 0.320 e. The normalized spacial score (nSPS) is 14.5. The molecule has 1 aliphatic carbocycles. The highest BCUT2D eigenvalue weighted by atomic mass is 16.2. The highest BCUT2D eigenvalue weighted by Gasteiger charge is 2.20. The van der Waals surface area contributed by atoms with Crippen molar-refractivity contribution in [3.8, 4) is 11.1 Å². The molecule has 1 fully saturated rings. The first-order valence-electron chi connectivity index (χ1n) is 11.2. The molecule has 0 radical (unpaired) electrons. The molecule has 0 aliphatic heterocycles. The number of urea groups is 1. The van der Waals surface area contributed by atoms with E-state index in [0.29, 0.717) is 23.7 Å². The number of nitrogens with zero attached hydrogens (tertiary/aromatic N) is 1. The molecule has 2 aromatic carbocycles. The summed E-state index contributed by atoms with van der Waals surface area (Å²) in [7, 11) is 1.72. The molecule has 1 aliphatic rings. The predicted octanol–water partition coefficient (Wildman–Crippen LogP) is 5.52. The minimum absolute atomic E-state index is 0.111. The zero-order chi connectivity index (χ0) is 22.0. The van der Waals surface area contributed by atoms with Gasteiger partial charge in [0.05, 0.1) is 0 Å². The van der Waals surface area contributed by atoms with Gasteiger partial charge in [-0.3, -0.25) is 14.7 Å². The van der Waals surface area contributed by atoms with E-state index >= 15 is 0 Å². The van der Waals surface area contributed by atoms with E-state index in [2.05, 4.69) is 16.7 Å². The van der Waals surface area contributed by atoms with Gasteiger partial charge in [-0.2, -0.15) is 0 Å². The van der Waals surface area contributed by atoms with E-state index in [9.17, 15) is 9.59 Å². The molecule has 5 heteroatoms. The minimum Gasteiger partial charge on any atom is -0.338 e. The zero-order valence-electron chi connectivity index (χ0n) is 18.6. The Morgan fingerprint density at radius 1 is 1.00 bits per heavy atom. The molecule has 162 valence electrons. The molecule has 0 spiro atoms. The van der Waals surface area contributed by atoms with Gasteiger partial charge in [0.2, 0.25) is 0 Å². The summed E-state index contributed by atoms with van der Waals surface area (Å²) in [4.78, 5) is 26.0. The second-order valence-corrected chi connectivity index (χ2v) is 8.77. The van der Waals surface area contributed by atoms with Crippen LogP contribution in [0.15, 0.2) is 47.3 Å². The summed E-state index contributed by atoms with van der Waals surface area (Å²) in [6.07, 6.45) is 6.11. The number of rotatable bonds is 4. The maximum atomic E-state index is 13.2. The van der Waals surface area contributed by atoms with Gasteiger partial charge in [0, 0.05) is 24.5 Å². The van der Waals surface area contributed by atoms with Crippen LogP contribution in [-0.4, -0.2) is 17.1 Å². The molecule has 4 rings (SSSR count). The van der Waals surface area contributed by atoms with E-state index in [1.807, 2.05) is 50.2 Å². The second-order valence-electron chi connectivity index (χ2n) is 8.77. The molecule has 3 aromatic rings. The van der Waals surface area contributed by atoms with Crippen LogP contribution in [-0.2, 0) is 7.05 Å². The molecule has 5 nitrogen and oxygen atoms in total. The number of aromatic nitrogens is 1. The van der Waals surface area contributed by atoms with Gasteiger partial charge in [0.25, 0.3) is 5.56 Å². The summed E-state index contributed by atoms with van der Waals surface area (Å²) in [5, 5.41) is 7.55. The first-order chi connectivity index (χ1) is 15.0. The molecule has 0 atom stereocenters. The number of benzene rings is 2. The summed E-state index contributed by atoms with van der Waals surface area (Å²) >= 11 is 0. The fourth-order valence-electron chi connectivity index (χ4n) is 4.60. The van der Waals surface area contributed by atoms with Crippen molar-refractivity contribution in [2.45, 2.75) is 46.0 Å². The maximum absolute atomic E-state index is 13.2. The van der Waals surface area contributed by atoms with Crippen molar-refractivity contribution in [1.29, 1.82) is 0 Å². The summed E-state index contributed by atoms with van der Waals surface area (Å²) in [5.41, 5.74) is 3.92. The number of carbonyl (C=O) groups is 1. The van der Waals surface area contributed by atoms with Gasteiger partial charge in [-0.05, 0) is 60.7 Å². The van der Waals surface area contributed by atoms with E-state index < -0.39 is 0 Å². The van der Waals surface area contributed by atoms with Crippen molar-refractivity contribution in [2.24, 2.45) is 13.0 Å². The molecular formula is C26H31N3O2. The van der Waals surface area contributed by atoms with Crippen LogP contribution in [0.2, 0.25) is 0 Å². The quantitative estimate of drug-likeness (QED) is 0.587. The Morgan fingerprint density at radius 2 is 1.65 bits per heavy atom. The molecular weight excluding hydrogens is 386 g/mol. The number of anilines is 1. The van der Waals surface area contributed by atoms with Crippen LogP contribution in [0.25, 0.3) is 21.9 Å². The van der Waals surface area contributed by atoms with Crippen LogP contribution in [0.1, 0.15) is 43.2 Å². The van der Waals surface area contributed by atoms with Crippen LogP contribution in [0.5, 0.6) is 0 Å². The molecule has 0 saturated heterocycles. The molecule has 1 aromatic heterocycles. The SMILES string of the molecule is Cc1cc2c(-c3ccccc3)c(NC(=O)NCC3CCCCC3)n(C)c(=O)c2cc1C. The van der Waals surface area contributed by atoms with Gasteiger partial charge in [-0.1, -0.05) is 55.7 Å². The van der Waals surface area contributed by atoms with Crippen LogP contribution in [0.3, 0.4) is 0 Å². The number of carbonyl (C=O) groups excluding carboxylic acids is 1. The Bertz CT molecular complexity index is 1160. The lowest BCUT2D eigenvalue weighted by Gasteiger charge is -2.23. The molecule has 2 amide bonds. The minimum atomic E-state index is -0.263. The van der Waals surface area contributed by atoms with Gasteiger partial charge >= 0.3 is 6.03 Å². The highest BCUT2D eigenvalue weighted by Crippen LogP contribution is 2.35. The number of amides is 2. The summed E-state index contributed by atoms with van der Waals surface area (Å²) in [6, 6.07) is 13.7. The number of hydrogen-bond donors (Lipinski definition) is 2. The standard InChI is InChI=1S/C26H31N3O2/c1-17-14-21-22(15-18(17)2)25(30)29(3)24(23(21)20-12-8-5-9-13-20)28-26(31)27-16-19-10-6-4-7-11-19/h5,8-9,12-15,19H,4,6-7,10-11,16H2,1-3H3,(H2,27,28,31). The Kier molecular flexibility index (Phi) is 6.12. The van der Waals surface area contributed by atoms with Gasteiger partial charge in [0.1, 0.15) is 5.82 Å². The van der Waals surface area contributed by atoms with Crippen LogP contribution in [0, 0.1) is 19.8 Å². The average Bonchev–Trinajstić information content (AvgIpc) is 2.79. The lowest BCUT2D eigenvalue weighted by Crippen LogP contribution is -2.35. The third kappa shape index (κ3) is 4.36. The number of nitrogens with one attached hydrogen (secondary N) is 2. The molecule has 1 saturated carbocycles. The Morgan fingerprint density at radius 3 is 2.32 bits per heavy atom. The van der Waals surface area contributed by atoms with E-state index in [0.717, 1.165) is 27.6 Å². The largest absolute Gasteiger partial charge is 0.338 e. The first kappa shape index (κ1) is 21.2. The van der Waals surface area contributed by atoms with E-state index in [4.69, 9.17) is 0 Å². The average molecular weight is 418 g/mol. The first-order valence-corrected chi connectivity index (χ1v) is 11.2. The van der Waals surface area contributed by atoms with Crippen molar-refractivity contribution in [3.05, 3.63) is 63.9 Å². The molecule has 31 heavy (non-hydrogen) atoms. The zero-order valence-corrected chi connectivity index (χ0v) is 18.6.